The first-order valence-electron chi connectivity index (χ1n) is 4.55. The van der Waals surface area contributed by atoms with Crippen molar-refractivity contribution in [2.45, 2.75) is 44.6 Å². The van der Waals surface area contributed by atoms with Crippen LogP contribution in [-0.2, 0) is 9.59 Å². The maximum Gasteiger partial charge on any atom is 0.306 e. The van der Waals surface area contributed by atoms with E-state index in [1.54, 1.807) is 0 Å². The smallest absolute Gasteiger partial charge is 0.306 e. The van der Waals surface area contributed by atoms with E-state index in [1.165, 1.54) is 0 Å². The van der Waals surface area contributed by atoms with Gasteiger partial charge >= 0.3 is 11.9 Å². The van der Waals surface area contributed by atoms with Gasteiger partial charge in [0.05, 0.1) is 18.4 Å². The van der Waals surface area contributed by atoms with E-state index in [4.69, 9.17) is 10.2 Å². The second-order valence-electron chi connectivity index (χ2n) is 3.47. The molecule has 0 spiro atoms. The Bertz CT molecular complexity index is 195. The Balaban J connectivity index is 4.31. The maximum atomic E-state index is 10.4. The number of carboxylic acid groups (broad SMARTS) is 2. The molecule has 82 valence electrons. The standard InChI is InChI=1S/C9H16O5/c1-2-3-4-9(14,5-7(10)11)6-8(12)13/h14H,2-6H2,1H3,(H,10,11)(H,12,13). The molecule has 0 amide bonds. The average molecular weight is 204 g/mol. The molecule has 0 aromatic carbocycles. The van der Waals surface area contributed by atoms with Crippen LogP contribution < -0.4 is 0 Å². The van der Waals surface area contributed by atoms with Gasteiger partial charge < -0.3 is 15.3 Å². The van der Waals surface area contributed by atoms with Gasteiger partial charge in [0.25, 0.3) is 0 Å². The number of carbonyl (C=O) groups is 2. The van der Waals surface area contributed by atoms with Crippen LogP contribution in [0.1, 0.15) is 39.0 Å². The Morgan fingerprint density at radius 1 is 1.14 bits per heavy atom. The molecule has 0 saturated carbocycles. The van der Waals surface area contributed by atoms with Crippen molar-refractivity contribution in [1.82, 2.24) is 0 Å². The lowest BCUT2D eigenvalue weighted by atomic mass is 9.90. The van der Waals surface area contributed by atoms with Crippen molar-refractivity contribution in [2.24, 2.45) is 0 Å². The zero-order valence-electron chi connectivity index (χ0n) is 8.19. The summed E-state index contributed by atoms with van der Waals surface area (Å²) < 4.78 is 0. The van der Waals surface area contributed by atoms with Crippen molar-refractivity contribution < 1.29 is 24.9 Å². The van der Waals surface area contributed by atoms with Crippen molar-refractivity contribution >= 4 is 11.9 Å². The molecule has 3 N–H and O–H groups in total. The Kier molecular flexibility index (Phi) is 5.15. The molecule has 0 heterocycles. The van der Waals surface area contributed by atoms with E-state index in [1.807, 2.05) is 6.92 Å². The molecule has 0 aliphatic rings. The number of aliphatic hydroxyl groups is 1. The Morgan fingerprint density at radius 2 is 1.57 bits per heavy atom. The monoisotopic (exact) mass is 204 g/mol. The lowest BCUT2D eigenvalue weighted by molar-refractivity contribution is -0.149. The second-order valence-corrected chi connectivity index (χ2v) is 3.47. The van der Waals surface area contributed by atoms with Gasteiger partial charge in [0.1, 0.15) is 0 Å². The first-order valence-corrected chi connectivity index (χ1v) is 4.55. The largest absolute Gasteiger partial charge is 0.481 e. The quantitative estimate of drug-likeness (QED) is 0.571. The van der Waals surface area contributed by atoms with Crippen molar-refractivity contribution in [3.8, 4) is 0 Å². The summed E-state index contributed by atoms with van der Waals surface area (Å²) in [4.78, 5) is 20.8. The molecule has 0 rings (SSSR count). The molecule has 0 aliphatic carbocycles. The topological polar surface area (TPSA) is 94.8 Å². The van der Waals surface area contributed by atoms with E-state index in [0.717, 1.165) is 6.42 Å². The van der Waals surface area contributed by atoms with Gasteiger partial charge in [-0.3, -0.25) is 9.59 Å². The molecule has 0 aliphatic heterocycles. The van der Waals surface area contributed by atoms with E-state index in [9.17, 15) is 14.7 Å². The fourth-order valence-electron chi connectivity index (χ4n) is 1.31. The molecule has 5 heteroatoms. The van der Waals surface area contributed by atoms with Crippen LogP contribution in [0.3, 0.4) is 0 Å². The third kappa shape index (κ3) is 5.53. The number of rotatable bonds is 7. The molecule has 14 heavy (non-hydrogen) atoms. The van der Waals surface area contributed by atoms with Crippen LogP contribution in [0.15, 0.2) is 0 Å². The predicted octanol–water partition coefficient (Wildman–Crippen LogP) is 0.857. The van der Waals surface area contributed by atoms with Gasteiger partial charge in [-0.25, -0.2) is 0 Å². The van der Waals surface area contributed by atoms with Crippen LogP contribution in [0.25, 0.3) is 0 Å². The maximum absolute atomic E-state index is 10.4. The highest BCUT2D eigenvalue weighted by Gasteiger charge is 2.32. The Hall–Kier alpha value is -1.10. The van der Waals surface area contributed by atoms with Gasteiger partial charge in [-0.1, -0.05) is 19.8 Å². The van der Waals surface area contributed by atoms with Crippen molar-refractivity contribution in [3.63, 3.8) is 0 Å². The normalized spacial score (nSPS) is 11.3. The van der Waals surface area contributed by atoms with Gasteiger partial charge in [0.15, 0.2) is 0 Å². The van der Waals surface area contributed by atoms with Gasteiger partial charge in [-0.15, -0.1) is 0 Å². The second kappa shape index (κ2) is 5.59. The molecular formula is C9H16O5. The third-order valence-electron chi connectivity index (χ3n) is 1.96. The highest BCUT2D eigenvalue weighted by molar-refractivity contribution is 5.72. The van der Waals surface area contributed by atoms with E-state index >= 15 is 0 Å². The molecule has 0 bridgehead atoms. The molecular weight excluding hydrogens is 188 g/mol. The van der Waals surface area contributed by atoms with Gasteiger partial charge in [0, 0.05) is 0 Å². The summed E-state index contributed by atoms with van der Waals surface area (Å²) in [5, 5.41) is 26.7. The minimum atomic E-state index is -1.60. The molecule has 0 atom stereocenters. The van der Waals surface area contributed by atoms with Crippen molar-refractivity contribution in [1.29, 1.82) is 0 Å². The van der Waals surface area contributed by atoms with E-state index in [0.29, 0.717) is 6.42 Å². The van der Waals surface area contributed by atoms with Crippen molar-refractivity contribution in [2.75, 3.05) is 0 Å². The van der Waals surface area contributed by atoms with Crippen LogP contribution >= 0.6 is 0 Å². The highest BCUT2D eigenvalue weighted by atomic mass is 16.4. The fourth-order valence-corrected chi connectivity index (χ4v) is 1.31. The van der Waals surface area contributed by atoms with Crippen molar-refractivity contribution in [3.05, 3.63) is 0 Å². The number of carboxylic acids is 2. The first kappa shape index (κ1) is 12.9. The fraction of sp³-hybridized carbons (Fsp3) is 0.778. The van der Waals surface area contributed by atoms with Crippen LogP contribution in [0.4, 0.5) is 0 Å². The first-order chi connectivity index (χ1) is 6.39. The summed E-state index contributed by atoms with van der Waals surface area (Å²) in [5.74, 6) is -2.35. The molecule has 0 unspecified atom stereocenters. The van der Waals surface area contributed by atoms with Crippen LogP contribution in [0, 0.1) is 0 Å². The minimum absolute atomic E-state index is 0.210. The molecule has 0 radical (unpaired) electrons. The van der Waals surface area contributed by atoms with Crippen LogP contribution in [0.5, 0.6) is 0 Å². The molecule has 5 nitrogen and oxygen atoms in total. The number of hydrogen-bond acceptors (Lipinski definition) is 3. The lowest BCUT2D eigenvalue weighted by Crippen LogP contribution is -2.34. The number of hydrogen-bond donors (Lipinski definition) is 3. The summed E-state index contributed by atoms with van der Waals surface area (Å²) in [6.07, 6.45) is 0.597. The van der Waals surface area contributed by atoms with E-state index in [-0.39, 0.29) is 6.42 Å². The zero-order valence-corrected chi connectivity index (χ0v) is 8.19. The third-order valence-corrected chi connectivity index (χ3v) is 1.96. The molecule has 0 aromatic rings. The highest BCUT2D eigenvalue weighted by Crippen LogP contribution is 2.22. The minimum Gasteiger partial charge on any atom is -0.481 e. The van der Waals surface area contributed by atoms with Gasteiger partial charge in [-0.2, -0.15) is 0 Å². The summed E-state index contributed by atoms with van der Waals surface area (Å²) in [7, 11) is 0. The number of unbranched alkanes of at least 4 members (excludes halogenated alkanes) is 1. The summed E-state index contributed by atoms with van der Waals surface area (Å²) >= 11 is 0. The molecule has 0 fully saturated rings. The lowest BCUT2D eigenvalue weighted by Gasteiger charge is -2.24. The van der Waals surface area contributed by atoms with E-state index < -0.39 is 30.4 Å². The van der Waals surface area contributed by atoms with E-state index in [2.05, 4.69) is 0 Å². The van der Waals surface area contributed by atoms with Crippen LogP contribution in [-0.4, -0.2) is 32.9 Å². The SMILES string of the molecule is CCCCC(O)(CC(=O)O)CC(=O)O. The zero-order chi connectivity index (χ0) is 11.2. The molecule has 0 saturated heterocycles. The predicted molar refractivity (Wildman–Crippen MR) is 49.0 cm³/mol. The van der Waals surface area contributed by atoms with Gasteiger partial charge in [-0.05, 0) is 6.42 Å². The Morgan fingerprint density at radius 3 is 1.86 bits per heavy atom. The summed E-state index contributed by atoms with van der Waals surface area (Å²) in [5.41, 5.74) is -1.60. The van der Waals surface area contributed by atoms with Gasteiger partial charge in [0.2, 0.25) is 0 Å². The number of aliphatic carboxylic acids is 2. The Labute approximate surface area is 82.4 Å². The summed E-state index contributed by atoms with van der Waals surface area (Å²) in [6, 6.07) is 0. The summed E-state index contributed by atoms with van der Waals surface area (Å²) in [6.45, 7) is 1.89. The van der Waals surface area contributed by atoms with Crippen LogP contribution in [0.2, 0.25) is 0 Å². The average Bonchev–Trinajstić information content (AvgIpc) is 1.97. The molecule has 0 aromatic heterocycles.